The number of pyridine rings is 1. The molecule has 1 aromatic carbocycles. The van der Waals surface area contributed by atoms with Gasteiger partial charge in [0.15, 0.2) is 6.61 Å². The molecule has 2 heterocycles. The molecule has 4 rings (SSSR count). The van der Waals surface area contributed by atoms with Crippen molar-refractivity contribution in [1.82, 2.24) is 15.2 Å². The molecule has 1 fully saturated rings. The SMILES string of the molecule is COc1ccc2c(OCc3nnc(C4CCC4)o3)ccnc2c1. The molecule has 0 N–H and O–H groups in total. The number of aromatic nitrogens is 3. The number of benzene rings is 1. The summed E-state index contributed by atoms with van der Waals surface area (Å²) in [6.07, 6.45) is 5.23. The van der Waals surface area contributed by atoms with Gasteiger partial charge in [0.05, 0.1) is 12.6 Å². The van der Waals surface area contributed by atoms with Gasteiger partial charge in [-0.2, -0.15) is 0 Å². The van der Waals surface area contributed by atoms with E-state index in [1.54, 1.807) is 13.3 Å². The topological polar surface area (TPSA) is 70.3 Å². The van der Waals surface area contributed by atoms with E-state index in [1.165, 1.54) is 6.42 Å². The van der Waals surface area contributed by atoms with E-state index in [-0.39, 0.29) is 6.61 Å². The zero-order valence-electron chi connectivity index (χ0n) is 12.9. The third-order valence-electron chi connectivity index (χ3n) is 4.20. The molecule has 118 valence electrons. The molecular weight excluding hydrogens is 294 g/mol. The van der Waals surface area contributed by atoms with Crippen LogP contribution in [0.2, 0.25) is 0 Å². The monoisotopic (exact) mass is 311 g/mol. The largest absolute Gasteiger partial charge is 0.497 e. The minimum atomic E-state index is 0.255. The van der Waals surface area contributed by atoms with Crippen molar-refractivity contribution in [2.75, 3.05) is 7.11 Å². The highest BCUT2D eigenvalue weighted by Gasteiger charge is 2.25. The first-order valence-electron chi connectivity index (χ1n) is 7.71. The smallest absolute Gasteiger partial charge is 0.253 e. The van der Waals surface area contributed by atoms with Crippen molar-refractivity contribution in [2.45, 2.75) is 31.8 Å². The van der Waals surface area contributed by atoms with Crippen molar-refractivity contribution in [1.29, 1.82) is 0 Å². The van der Waals surface area contributed by atoms with Gasteiger partial charge in [-0.15, -0.1) is 10.2 Å². The Labute approximate surface area is 133 Å². The molecule has 0 atom stereocenters. The Kier molecular flexibility index (Phi) is 3.57. The second-order valence-corrected chi connectivity index (χ2v) is 5.64. The van der Waals surface area contributed by atoms with Crippen LogP contribution in [0.3, 0.4) is 0 Å². The van der Waals surface area contributed by atoms with Crippen LogP contribution in [0.15, 0.2) is 34.9 Å². The predicted octanol–water partition coefficient (Wildman–Crippen LogP) is 3.47. The number of ether oxygens (including phenoxy) is 2. The van der Waals surface area contributed by atoms with Gasteiger partial charge in [-0.05, 0) is 31.0 Å². The Morgan fingerprint density at radius 1 is 1.22 bits per heavy atom. The molecule has 1 aliphatic rings. The Hall–Kier alpha value is -2.63. The first-order chi connectivity index (χ1) is 11.3. The van der Waals surface area contributed by atoms with E-state index in [0.29, 0.717) is 11.8 Å². The molecule has 0 unspecified atom stereocenters. The molecule has 1 saturated carbocycles. The molecule has 6 heteroatoms. The molecule has 0 spiro atoms. The Balaban J connectivity index is 1.52. The molecule has 2 aromatic heterocycles. The lowest BCUT2D eigenvalue weighted by Gasteiger charge is -2.20. The zero-order valence-corrected chi connectivity index (χ0v) is 12.9. The van der Waals surface area contributed by atoms with E-state index in [0.717, 1.165) is 41.1 Å². The molecule has 0 radical (unpaired) electrons. The van der Waals surface area contributed by atoms with E-state index < -0.39 is 0 Å². The van der Waals surface area contributed by atoms with Gasteiger partial charge in [0, 0.05) is 23.6 Å². The van der Waals surface area contributed by atoms with Gasteiger partial charge in [0.1, 0.15) is 11.5 Å². The van der Waals surface area contributed by atoms with Gasteiger partial charge in [0.25, 0.3) is 5.89 Å². The molecule has 0 aliphatic heterocycles. The second kappa shape index (κ2) is 5.87. The fraction of sp³-hybridized carbons (Fsp3) is 0.353. The average Bonchev–Trinajstić information content (AvgIpc) is 2.99. The maximum Gasteiger partial charge on any atom is 0.253 e. The highest BCUT2D eigenvalue weighted by molar-refractivity contribution is 5.85. The lowest BCUT2D eigenvalue weighted by molar-refractivity contribution is 0.250. The van der Waals surface area contributed by atoms with Crippen molar-refractivity contribution >= 4 is 10.9 Å². The molecule has 0 amide bonds. The number of rotatable bonds is 5. The average molecular weight is 311 g/mol. The summed E-state index contributed by atoms with van der Waals surface area (Å²) in [5.74, 6) is 3.18. The second-order valence-electron chi connectivity index (χ2n) is 5.64. The molecule has 23 heavy (non-hydrogen) atoms. The van der Waals surface area contributed by atoms with E-state index in [4.69, 9.17) is 13.9 Å². The summed E-state index contributed by atoms with van der Waals surface area (Å²) < 4.78 is 16.7. The first-order valence-corrected chi connectivity index (χ1v) is 7.71. The number of nitrogens with zero attached hydrogens (tertiary/aromatic N) is 3. The third-order valence-corrected chi connectivity index (χ3v) is 4.20. The summed E-state index contributed by atoms with van der Waals surface area (Å²) in [5.41, 5.74) is 0.822. The van der Waals surface area contributed by atoms with Crippen molar-refractivity contribution in [3.05, 3.63) is 42.2 Å². The fourth-order valence-electron chi connectivity index (χ4n) is 2.64. The standard InChI is InChI=1S/C17H17N3O3/c1-21-12-5-6-13-14(9-12)18-8-7-15(13)22-10-16-19-20-17(23-16)11-3-2-4-11/h5-9,11H,2-4,10H2,1H3. The van der Waals surface area contributed by atoms with Crippen LogP contribution in [0.4, 0.5) is 0 Å². The summed E-state index contributed by atoms with van der Waals surface area (Å²) >= 11 is 0. The van der Waals surface area contributed by atoms with Crippen LogP contribution in [0.1, 0.15) is 37.0 Å². The van der Waals surface area contributed by atoms with Crippen molar-refractivity contribution in [3.8, 4) is 11.5 Å². The molecular formula is C17H17N3O3. The molecule has 0 bridgehead atoms. The van der Waals surface area contributed by atoms with Gasteiger partial charge < -0.3 is 13.9 Å². The van der Waals surface area contributed by atoms with Crippen LogP contribution >= 0.6 is 0 Å². The van der Waals surface area contributed by atoms with Crippen molar-refractivity contribution in [3.63, 3.8) is 0 Å². The van der Waals surface area contributed by atoms with E-state index >= 15 is 0 Å². The third kappa shape index (κ3) is 2.72. The molecule has 6 nitrogen and oxygen atoms in total. The quantitative estimate of drug-likeness (QED) is 0.718. The molecule has 0 saturated heterocycles. The highest BCUT2D eigenvalue weighted by atomic mass is 16.5. The van der Waals surface area contributed by atoms with Crippen LogP contribution in [0.25, 0.3) is 10.9 Å². The number of methoxy groups -OCH3 is 1. The molecule has 3 aromatic rings. The Morgan fingerprint density at radius 3 is 2.91 bits per heavy atom. The minimum absolute atomic E-state index is 0.255. The fourth-order valence-corrected chi connectivity index (χ4v) is 2.64. The van der Waals surface area contributed by atoms with E-state index in [1.807, 2.05) is 24.3 Å². The van der Waals surface area contributed by atoms with Gasteiger partial charge in [0.2, 0.25) is 5.89 Å². The maximum atomic E-state index is 5.85. The van der Waals surface area contributed by atoms with Crippen LogP contribution in [0, 0.1) is 0 Å². The van der Waals surface area contributed by atoms with Crippen molar-refractivity contribution in [2.24, 2.45) is 0 Å². The maximum absolute atomic E-state index is 5.85. The number of fused-ring (bicyclic) bond motifs is 1. The summed E-state index contributed by atoms with van der Waals surface area (Å²) in [6.45, 7) is 0.255. The van der Waals surface area contributed by atoms with Gasteiger partial charge in [-0.25, -0.2) is 0 Å². The molecule has 1 aliphatic carbocycles. The predicted molar refractivity (Wildman–Crippen MR) is 83.5 cm³/mol. The van der Waals surface area contributed by atoms with Crippen LogP contribution in [0.5, 0.6) is 11.5 Å². The summed E-state index contributed by atoms with van der Waals surface area (Å²) in [6, 6.07) is 7.53. The van der Waals surface area contributed by atoms with Crippen LogP contribution in [-0.4, -0.2) is 22.3 Å². The Bertz CT molecular complexity index is 827. The Morgan fingerprint density at radius 2 is 2.13 bits per heavy atom. The lowest BCUT2D eigenvalue weighted by Crippen LogP contribution is -2.08. The van der Waals surface area contributed by atoms with Gasteiger partial charge in [-0.1, -0.05) is 6.42 Å². The van der Waals surface area contributed by atoms with Gasteiger partial charge in [-0.3, -0.25) is 4.98 Å². The number of hydrogen-bond acceptors (Lipinski definition) is 6. The van der Waals surface area contributed by atoms with Crippen LogP contribution < -0.4 is 9.47 Å². The van der Waals surface area contributed by atoms with E-state index in [2.05, 4.69) is 15.2 Å². The highest BCUT2D eigenvalue weighted by Crippen LogP contribution is 2.35. The lowest BCUT2D eigenvalue weighted by atomic mass is 9.85. The van der Waals surface area contributed by atoms with Crippen molar-refractivity contribution < 1.29 is 13.9 Å². The van der Waals surface area contributed by atoms with Crippen LogP contribution in [-0.2, 0) is 6.61 Å². The van der Waals surface area contributed by atoms with E-state index in [9.17, 15) is 0 Å². The normalized spacial score (nSPS) is 14.7. The minimum Gasteiger partial charge on any atom is -0.497 e. The summed E-state index contributed by atoms with van der Waals surface area (Å²) in [5, 5.41) is 9.10. The first kappa shape index (κ1) is 14.0. The number of hydrogen-bond donors (Lipinski definition) is 0. The van der Waals surface area contributed by atoms with Gasteiger partial charge >= 0.3 is 0 Å². The summed E-state index contributed by atoms with van der Waals surface area (Å²) in [4.78, 5) is 4.34. The zero-order chi connectivity index (χ0) is 15.6. The summed E-state index contributed by atoms with van der Waals surface area (Å²) in [7, 11) is 1.64.